The maximum Gasteiger partial charge on any atom is 0.156 e. The molecule has 0 saturated carbocycles. The van der Waals surface area contributed by atoms with Crippen LogP contribution in [0.15, 0.2) is 0 Å². The zero-order valence-electron chi connectivity index (χ0n) is 5.10. The quantitative estimate of drug-likeness (QED) is 0.527. The van der Waals surface area contributed by atoms with E-state index in [-0.39, 0.29) is 13.7 Å². The monoisotopic (exact) mass is 120 g/mol. The van der Waals surface area contributed by atoms with Crippen LogP contribution in [0.5, 0.6) is 0 Å². The summed E-state index contributed by atoms with van der Waals surface area (Å²) in [6.45, 7) is 2.01. The highest BCUT2D eigenvalue weighted by Gasteiger charge is 1.96. The molecule has 0 unspecified atom stereocenters. The molecule has 0 aliphatic carbocycles. The Kier molecular flexibility index (Phi) is 9.36. The Bertz CT molecular complexity index is 28.0. The number of hydrogen-bond acceptors (Lipinski definition) is 2. The minimum Gasteiger partial charge on any atom is -0.356 e. The van der Waals surface area contributed by atoms with Gasteiger partial charge in [0.15, 0.2) is 6.29 Å². The third-order valence-electron chi connectivity index (χ3n) is 0.859. The molecule has 0 rings (SSSR count). The molecule has 0 fully saturated rings. The van der Waals surface area contributed by atoms with E-state index in [4.69, 9.17) is 9.47 Å². The molecule has 0 aromatic rings. The van der Waals surface area contributed by atoms with E-state index >= 15 is 0 Å². The van der Waals surface area contributed by atoms with Gasteiger partial charge < -0.3 is 9.47 Å². The van der Waals surface area contributed by atoms with Crippen LogP contribution in [0, 0.1) is 0 Å². The highest BCUT2D eigenvalue weighted by Crippen LogP contribution is 1.93. The van der Waals surface area contributed by atoms with Gasteiger partial charge in [0.25, 0.3) is 0 Å². The zero-order chi connectivity index (χ0) is 5.70. The molecule has 0 N–H and O–H groups in total. The summed E-state index contributed by atoms with van der Waals surface area (Å²) in [5, 5.41) is 0. The molecule has 52 valence electrons. The van der Waals surface area contributed by atoms with Crippen LogP contribution >= 0.6 is 0 Å². The summed E-state index contributed by atoms with van der Waals surface area (Å²) in [6.07, 6.45) is 0.896. The van der Waals surface area contributed by atoms with Gasteiger partial charge in [0.1, 0.15) is 0 Å². The molecule has 0 radical (unpaired) electrons. The standard InChI is InChI=1S/C5H12O2.CH4/c1-4-5(6-2)7-3;/h5H,4H2,1-3H3;1H4. The molecule has 0 aliphatic heterocycles. The van der Waals surface area contributed by atoms with E-state index in [1.807, 2.05) is 6.92 Å². The van der Waals surface area contributed by atoms with Crippen molar-refractivity contribution >= 4 is 0 Å². The second-order valence-electron chi connectivity index (χ2n) is 1.31. The van der Waals surface area contributed by atoms with Gasteiger partial charge in [-0.15, -0.1) is 0 Å². The Hall–Kier alpha value is -0.0800. The number of hydrogen-bond donors (Lipinski definition) is 0. The van der Waals surface area contributed by atoms with Crippen molar-refractivity contribution in [3.05, 3.63) is 0 Å². The first-order valence-electron chi connectivity index (χ1n) is 2.40. The number of ether oxygens (including phenoxy) is 2. The van der Waals surface area contributed by atoms with Crippen LogP contribution in [0.3, 0.4) is 0 Å². The first kappa shape index (κ1) is 10.8. The predicted octanol–water partition coefficient (Wildman–Crippen LogP) is 1.65. The largest absolute Gasteiger partial charge is 0.356 e. The summed E-state index contributed by atoms with van der Waals surface area (Å²) in [5.41, 5.74) is 0. The summed E-state index contributed by atoms with van der Waals surface area (Å²) in [5.74, 6) is 0. The number of methoxy groups -OCH3 is 2. The SMILES string of the molecule is C.CCC(OC)OC. The van der Waals surface area contributed by atoms with Gasteiger partial charge in [-0.25, -0.2) is 0 Å². The third kappa shape index (κ3) is 4.09. The van der Waals surface area contributed by atoms with E-state index in [0.717, 1.165) is 6.42 Å². The van der Waals surface area contributed by atoms with Gasteiger partial charge in [0.2, 0.25) is 0 Å². The van der Waals surface area contributed by atoms with Crippen molar-refractivity contribution < 1.29 is 9.47 Å². The molecule has 0 aromatic heterocycles. The van der Waals surface area contributed by atoms with Crippen LogP contribution in [0.4, 0.5) is 0 Å². The van der Waals surface area contributed by atoms with Gasteiger partial charge in [-0.3, -0.25) is 0 Å². The maximum absolute atomic E-state index is 4.83. The molecule has 0 amide bonds. The second kappa shape index (κ2) is 6.92. The van der Waals surface area contributed by atoms with Gasteiger partial charge >= 0.3 is 0 Å². The lowest BCUT2D eigenvalue weighted by atomic mass is 10.5. The van der Waals surface area contributed by atoms with Crippen LogP contribution < -0.4 is 0 Å². The predicted molar refractivity (Wildman–Crippen MR) is 34.8 cm³/mol. The minimum atomic E-state index is -0.0139. The van der Waals surface area contributed by atoms with E-state index in [0.29, 0.717) is 0 Å². The Morgan fingerprint density at radius 3 is 1.62 bits per heavy atom. The molecule has 0 bridgehead atoms. The number of rotatable bonds is 3. The maximum atomic E-state index is 4.83. The molecule has 8 heavy (non-hydrogen) atoms. The fourth-order valence-corrected chi connectivity index (χ4v) is 0.430. The Balaban J connectivity index is 0. The van der Waals surface area contributed by atoms with Crippen molar-refractivity contribution in [1.82, 2.24) is 0 Å². The van der Waals surface area contributed by atoms with E-state index < -0.39 is 0 Å². The van der Waals surface area contributed by atoms with Crippen LogP contribution in [0.1, 0.15) is 20.8 Å². The van der Waals surface area contributed by atoms with E-state index in [1.165, 1.54) is 0 Å². The molecule has 0 saturated heterocycles. The van der Waals surface area contributed by atoms with E-state index in [9.17, 15) is 0 Å². The van der Waals surface area contributed by atoms with Crippen molar-refractivity contribution in [2.24, 2.45) is 0 Å². The first-order chi connectivity index (χ1) is 3.35. The fraction of sp³-hybridized carbons (Fsp3) is 1.00. The molecule has 0 aromatic carbocycles. The topological polar surface area (TPSA) is 18.5 Å². The molecule has 2 nitrogen and oxygen atoms in total. The molecule has 0 aliphatic rings. The average molecular weight is 120 g/mol. The highest BCUT2D eigenvalue weighted by molar-refractivity contribution is 4.31. The van der Waals surface area contributed by atoms with Gasteiger partial charge in [0.05, 0.1) is 0 Å². The first-order valence-corrected chi connectivity index (χ1v) is 2.40. The van der Waals surface area contributed by atoms with Crippen LogP contribution in [0.25, 0.3) is 0 Å². The molecule has 0 atom stereocenters. The molecule has 2 heteroatoms. The Morgan fingerprint density at radius 2 is 1.62 bits per heavy atom. The van der Waals surface area contributed by atoms with Crippen molar-refractivity contribution in [3.63, 3.8) is 0 Å². The summed E-state index contributed by atoms with van der Waals surface area (Å²) in [4.78, 5) is 0. The Labute approximate surface area is 51.8 Å². The van der Waals surface area contributed by atoms with E-state index in [2.05, 4.69) is 0 Å². The van der Waals surface area contributed by atoms with Crippen LogP contribution in [0.2, 0.25) is 0 Å². The summed E-state index contributed by atoms with van der Waals surface area (Å²) >= 11 is 0. The highest BCUT2D eigenvalue weighted by atomic mass is 16.7. The molecule has 0 spiro atoms. The van der Waals surface area contributed by atoms with Gasteiger partial charge in [-0.05, 0) is 6.42 Å². The minimum absolute atomic E-state index is 0. The molecule has 0 heterocycles. The second-order valence-corrected chi connectivity index (χ2v) is 1.31. The Morgan fingerprint density at radius 1 is 1.25 bits per heavy atom. The summed E-state index contributed by atoms with van der Waals surface area (Å²) in [6, 6.07) is 0. The van der Waals surface area contributed by atoms with Crippen molar-refractivity contribution in [1.29, 1.82) is 0 Å². The fourth-order valence-electron chi connectivity index (χ4n) is 0.430. The zero-order valence-corrected chi connectivity index (χ0v) is 5.10. The van der Waals surface area contributed by atoms with Gasteiger partial charge in [-0.1, -0.05) is 14.4 Å². The molecular formula is C6H16O2. The summed E-state index contributed by atoms with van der Waals surface area (Å²) in [7, 11) is 3.27. The lowest BCUT2D eigenvalue weighted by Gasteiger charge is -2.08. The van der Waals surface area contributed by atoms with Crippen molar-refractivity contribution in [3.8, 4) is 0 Å². The molecular weight excluding hydrogens is 104 g/mol. The third-order valence-corrected chi connectivity index (χ3v) is 0.859. The van der Waals surface area contributed by atoms with Crippen LogP contribution in [-0.2, 0) is 9.47 Å². The smallest absolute Gasteiger partial charge is 0.156 e. The van der Waals surface area contributed by atoms with Gasteiger partial charge in [0, 0.05) is 14.2 Å². The van der Waals surface area contributed by atoms with Crippen LogP contribution in [-0.4, -0.2) is 20.5 Å². The average Bonchev–Trinajstić information content (AvgIpc) is 1.72. The van der Waals surface area contributed by atoms with Gasteiger partial charge in [-0.2, -0.15) is 0 Å². The normalized spacial score (nSPS) is 9.00. The van der Waals surface area contributed by atoms with Crippen molar-refractivity contribution in [2.45, 2.75) is 27.1 Å². The summed E-state index contributed by atoms with van der Waals surface area (Å²) < 4.78 is 9.65. The van der Waals surface area contributed by atoms with E-state index in [1.54, 1.807) is 14.2 Å². The lowest BCUT2D eigenvalue weighted by Crippen LogP contribution is -2.10. The van der Waals surface area contributed by atoms with Crippen molar-refractivity contribution in [2.75, 3.05) is 14.2 Å². The lowest BCUT2D eigenvalue weighted by molar-refractivity contribution is -0.103.